The topological polar surface area (TPSA) is 47.6 Å². The number of nitrogens with one attached hydrogen (secondary N) is 1. The van der Waals surface area contributed by atoms with E-state index in [2.05, 4.69) is 5.32 Å². The molecule has 0 bridgehead atoms. The van der Waals surface area contributed by atoms with E-state index in [1.165, 1.54) is 12.1 Å². The Morgan fingerprint density at radius 2 is 1.64 bits per heavy atom. The van der Waals surface area contributed by atoms with Crippen LogP contribution in [0, 0.1) is 11.6 Å². The van der Waals surface area contributed by atoms with Gasteiger partial charge >= 0.3 is 0 Å². The number of ether oxygens (including phenoxy) is 2. The average molecular weight is 383 g/mol. The van der Waals surface area contributed by atoms with Gasteiger partial charge in [0.1, 0.15) is 35.4 Å². The maximum absolute atomic E-state index is 13.8. The van der Waals surface area contributed by atoms with E-state index in [1.54, 1.807) is 12.1 Å². The van der Waals surface area contributed by atoms with Crippen LogP contribution in [0.2, 0.25) is 0 Å². The van der Waals surface area contributed by atoms with E-state index in [9.17, 15) is 13.6 Å². The summed E-state index contributed by atoms with van der Waals surface area (Å²) in [5.74, 6) is -1.06. The SMILES string of the molecule is CCOc1ccc(C(=O)Nc2c(F)cccc2F)cc1COc1ccccc1. The van der Waals surface area contributed by atoms with Crippen LogP contribution in [0.15, 0.2) is 66.7 Å². The van der Waals surface area contributed by atoms with Gasteiger partial charge in [-0.15, -0.1) is 0 Å². The Kier molecular flexibility index (Phi) is 6.22. The zero-order chi connectivity index (χ0) is 19.9. The van der Waals surface area contributed by atoms with Crippen molar-refractivity contribution in [3.63, 3.8) is 0 Å². The van der Waals surface area contributed by atoms with Crippen molar-refractivity contribution in [3.8, 4) is 11.5 Å². The second-order valence-corrected chi connectivity index (χ2v) is 5.91. The van der Waals surface area contributed by atoms with Crippen molar-refractivity contribution in [2.24, 2.45) is 0 Å². The van der Waals surface area contributed by atoms with E-state index in [0.717, 1.165) is 12.1 Å². The first-order valence-electron chi connectivity index (χ1n) is 8.77. The first-order chi connectivity index (χ1) is 13.6. The molecule has 0 saturated carbocycles. The Morgan fingerprint density at radius 1 is 0.929 bits per heavy atom. The van der Waals surface area contributed by atoms with Gasteiger partial charge in [0.2, 0.25) is 0 Å². The number of amides is 1. The summed E-state index contributed by atoms with van der Waals surface area (Å²) >= 11 is 0. The Bertz CT molecular complexity index is 941. The summed E-state index contributed by atoms with van der Waals surface area (Å²) in [7, 11) is 0. The van der Waals surface area contributed by atoms with Crippen LogP contribution < -0.4 is 14.8 Å². The summed E-state index contributed by atoms with van der Waals surface area (Å²) in [6.45, 7) is 2.47. The second-order valence-electron chi connectivity index (χ2n) is 5.91. The lowest BCUT2D eigenvalue weighted by Crippen LogP contribution is -2.15. The van der Waals surface area contributed by atoms with Crippen LogP contribution in [0.5, 0.6) is 11.5 Å². The summed E-state index contributed by atoms with van der Waals surface area (Å²) in [4.78, 5) is 12.5. The van der Waals surface area contributed by atoms with Gasteiger partial charge in [0.15, 0.2) is 0 Å². The zero-order valence-electron chi connectivity index (χ0n) is 15.2. The van der Waals surface area contributed by atoms with Gasteiger partial charge in [-0.1, -0.05) is 24.3 Å². The minimum absolute atomic E-state index is 0.175. The van der Waals surface area contributed by atoms with Gasteiger partial charge in [-0.25, -0.2) is 8.78 Å². The lowest BCUT2D eigenvalue weighted by molar-refractivity contribution is 0.102. The first-order valence-corrected chi connectivity index (χ1v) is 8.77. The van der Waals surface area contributed by atoms with E-state index in [0.29, 0.717) is 23.7 Å². The van der Waals surface area contributed by atoms with Crippen LogP contribution in [0.1, 0.15) is 22.8 Å². The molecule has 28 heavy (non-hydrogen) atoms. The molecule has 3 aromatic rings. The van der Waals surface area contributed by atoms with Crippen LogP contribution in [-0.2, 0) is 6.61 Å². The van der Waals surface area contributed by atoms with E-state index < -0.39 is 23.2 Å². The maximum atomic E-state index is 13.8. The largest absolute Gasteiger partial charge is 0.493 e. The molecule has 1 N–H and O–H groups in total. The zero-order valence-corrected chi connectivity index (χ0v) is 15.2. The van der Waals surface area contributed by atoms with Crippen LogP contribution in [0.4, 0.5) is 14.5 Å². The average Bonchev–Trinajstić information content (AvgIpc) is 2.71. The van der Waals surface area contributed by atoms with Gasteiger partial charge in [0.05, 0.1) is 6.61 Å². The Morgan fingerprint density at radius 3 is 2.32 bits per heavy atom. The Balaban J connectivity index is 1.82. The molecular formula is C22H19F2NO3. The number of halogens is 2. The number of carbonyl (C=O) groups excluding carboxylic acids is 1. The molecule has 0 radical (unpaired) electrons. The molecule has 0 unspecified atom stereocenters. The Labute approximate surface area is 161 Å². The minimum atomic E-state index is -0.841. The van der Waals surface area contributed by atoms with Crippen molar-refractivity contribution in [3.05, 3.63) is 89.5 Å². The normalized spacial score (nSPS) is 10.4. The van der Waals surface area contributed by atoms with Gasteiger partial charge in [0, 0.05) is 11.1 Å². The summed E-state index contributed by atoms with van der Waals surface area (Å²) in [6.07, 6.45) is 0. The molecule has 0 saturated heterocycles. The summed E-state index contributed by atoms with van der Waals surface area (Å²) in [6, 6.07) is 17.4. The predicted molar refractivity (Wildman–Crippen MR) is 103 cm³/mol. The summed E-state index contributed by atoms with van der Waals surface area (Å²) in [5, 5.41) is 2.28. The lowest BCUT2D eigenvalue weighted by atomic mass is 10.1. The Hall–Kier alpha value is -3.41. The smallest absolute Gasteiger partial charge is 0.255 e. The molecule has 3 rings (SSSR count). The third-order valence-electron chi connectivity index (χ3n) is 3.96. The molecule has 6 heteroatoms. The molecule has 3 aromatic carbocycles. The molecule has 0 fully saturated rings. The van der Waals surface area contributed by atoms with Crippen molar-refractivity contribution in [1.29, 1.82) is 0 Å². The quantitative estimate of drug-likeness (QED) is 0.610. The van der Waals surface area contributed by atoms with Crippen molar-refractivity contribution in [1.82, 2.24) is 0 Å². The number of anilines is 1. The molecule has 0 aromatic heterocycles. The highest BCUT2D eigenvalue weighted by Gasteiger charge is 2.15. The molecule has 0 aliphatic rings. The predicted octanol–water partition coefficient (Wildman–Crippen LogP) is 5.19. The molecule has 4 nitrogen and oxygen atoms in total. The van der Waals surface area contributed by atoms with E-state index in [4.69, 9.17) is 9.47 Å². The number of para-hydroxylation sites is 2. The van der Waals surface area contributed by atoms with E-state index >= 15 is 0 Å². The van der Waals surface area contributed by atoms with Crippen LogP contribution in [-0.4, -0.2) is 12.5 Å². The van der Waals surface area contributed by atoms with Gasteiger partial charge in [-0.3, -0.25) is 4.79 Å². The van der Waals surface area contributed by atoms with Gasteiger partial charge in [-0.2, -0.15) is 0 Å². The van der Waals surface area contributed by atoms with E-state index in [-0.39, 0.29) is 12.2 Å². The number of hydrogen-bond donors (Lipinski definition) is 1. The standard InChI is InChI=1S/C22H19F2NO3/c1-2-27-20-12-11-15(13-16(20)14-28-17-7-4-3-5-8-17)22(26)25-21-18(23)9-6-10-19(21)24/h3-13H,2,14H2,1H3,(H,25,26). The van der Waals surface area contributed by atoms with Crippen molar-refractivity contribution in [2.75, 3.05) is 11.9 Å². The number of benzene rings is 3. The van der Waals surface area contributed by atoms with E-state index in [1.807, 2.05) is 37.3 Å². The number of hydrogen-bond acceptors (Lipinski definition) is 3. The van der Waals surface area contributed by atoms with Crippen LogP contribution >= 0.6 is 0 Å². The molecule has 0 aliphatic carbocycles. The molecule has 0 aliphatic heterocycles. The van der Waals surface area contributed by atoms with Gasteiger partial charge in [0.25, 0.3) is 5.91 Å². The third kappa shape index (κ3) is 4.65. The maximum Gasteiger partial charge on any atom is 0.255 e. The third-order valence-corrected chi connectivity index (χ3v) is 3.96. The van der Waals surface area contributed by atoms with Crippen molar-refractivity contribution in [2.45, 2.75) is 13.5 Å². The van der Waals surface area contributed by atoms with Crippen LogP contribution in [0.25, 0.3) is 0 Å². The lowest BCUT2D eigenvalue weighted by Gasteiger charge is -2.14. The fraction of sp³-hybridized carbons (Fsp3) is 0.136. The van der Waals surface area contributed by atoms with Crippen LogP contribution in [0.3, 0.4) is 0 Å². The molecular weight excluding hydrogens is 364 g/mol. The van der Waals surface area contributed by atoms with Crippen molar-refractivity contribution >= 4 is 11.6 Å². The highest BCUT2D eigenvalue weighted by Crippen LogP contribution is 2.24. The highest BCUT2D eigenvalue weighted by atomic mass is 19.1. The number of carbonyl (C=O) groups is 1. The molecule has 144 valence electrons. The fourth-order valence-electron chi connectivity index (χ4n) is 2.61. The highest BCUT2D eigenvalue weighted by molar-refractivity contribution is 6.04. The second kappa shape index (κ2) is 8.99. The molecule has 1 amide bonds. The first kappa shape index (κ1) is 19.4. The fourth-order valence-corrected chi connectivity index (χ4v) is 2.61. The summed E-state index contributed by atoms with van der Waals surface area (Å²) in [5.41, 5.74) is 0.397. The van der Waals surface area contributed by atoms with Crippen molar-refractivity contribution < 1.29 is 23.0 Å². The monoisotopic (exact) mass is 383 g/mol. The number of rotatable bonds is 7. The summed E-state index contributed by atoms with van der Waals surface area (Å²) < 4.78 is 38.9. The van der Waals surface area contributed by atoms with Gasteiger partial charge in [-0.05, 0) is 49.4 Å². The van der Waals surface area contributed by atoms with Gasteiger partial charge < -0.3 is 14.8 Å². The molecule has 0 heterocycles. The minimum Gasteiger partial charge on any atom is -0.493 e. The molecule has 0 atom stereocenters. The molecule has 0 spiro atoms.